The van der Waals surface area contributed by atoms with Crippen molar-refractivity contribution in [1.29, 1.82) is 0 Å². The Morgan fingerprint density at radius 3 is 2.29 bits per heavy atom. The van der Waals surface area contributed by atoms with Gasteiger partial charge in [0.2, 0.25) is 0 Å². The molecule has 0 aromatic heterocycles. The van der Waals surface area contributed by atoms with E-state index < -0.39 is 8.24 Å². The van der Waals surface area contributed by atoms with Gasteiger partial charge in [-0.15, -0.1) is 0 Å². The van der Waals surface area contributed by atoms with Gasteiger partial charge in [-0.25, -0.2) is 0 Å². The summed E-state index contributed by atoms with van der Waals surface area (Å²) in [5.41, 5.74) is 0.796. The molecule has 0 spiro atoms. The van der Waals surface area contributed by atoms with E-state index in [2.05, 4.69) is 24.3 Å². The standard InChI is InChI=1S/C10H15NOSi.Co/c1-13(2,3)11-8-9-6-4-5-7-10(9)12;/h4-8,12H,1-3H3;/b11-8+;. The minimum absolute atomic E-state index is 0. The van der Waals surface area contributed by atoms with E-state index >= 15 is 0 Å². The molecule has 0 saturated carbocycles. The first kappa shape index (κ1) is 13.4. The maximum Gasteiger partial charge on any atom is 0.172 e. The minimum Gasteiger partial charge on any atom is -0.507 e. The predicted octanol–water partition coefficient (Wildman–Crippen LogP) is 2.64. The average molecular weight is 252 g/mol. The van der Waals surface area contributed by atoms with Crippen molar-refractivity contribution < 1.29 is 21.9 Å². The molecule has 1 radical (unpaired) electrons. The van der Waals surface area contributed by atoms with Crippen LogP contribution < -0.4 is 0 Å². The SMILES string of the molecule is C[Si](C)(C)/N=C/c1ccccc1O.[Co]. The molecule has 0 unspecified atom stereocenters. The molecule has 0 aliphatic carbocycles. The molecule has 4 heteroatoms. The van der Waals surface area contributed by atoms with Crippen LogP contribution in [0.25, 0.3) is 0 Å². The first-order valence-electron chi connectivity index (χ1n) is 4.32. The quantitative estimate of drug-likeness (QED) is 0.637. The maximum atomic E-state index is 9.43. The van der Waals surface area contributed by atoms with Gasteiger partial charge in [-0.05, 0) is 31.8 Å². The molecule has 0 saturated heterocycles. The van der Waals surface area contributed by atoms with Gasteiger partial charge in [0.15, 0.2) is 8.24 Å². The van der Waals surface area contributed by atoms with Crippen LogP contribution in [-0.4, -0.2) is 19.6 Å². The van der Waals surface area contributed by atoms with Gasteiger partial charge in [-0.3, -0.25) is 0 Å². The number of nitrogens with zero attached hydrogens (tertiary/aromatic N) is 1. The van der Waals surface area contributed by atoms with Gasteiger partial charge in [0.1, 0.15) is 5.75 Å². The first-order chi connectivity index (χ1) is 5.99. The molecule has 0 aliphatic heterocycles. The number of hydrogen-bond donors (Lipinski definition) is 1. The number of aromatic hydroxyl groups is 1. The van der Waals surface area contributed by atoms with Crippen LogP contribution in [0.5, 0.6) is 5.75 Å². The molecular formula is C10H15CoNOSi. The largest absolute Gasteiger partial charge is 0.507 e. The summed E-state index contributed by atoms with van der Waals surface area (Å²) in [6, 6.07) is 7.23. The van der Waals surface area contributed by atoms with E-state index in [4.69, 9.17) is 0 Å². The van der Waals surface area contributed by atoms with Crippen molar-refractivity contribution in [3.05, 3.63) is 29.8 Å². The van der Waals surface area contributed by atoms with Crippen LogP contribution >= 0.6 is 0 Å². The molecule has 1 rings (SSSR count). The zero-order chi connectivity index (χ0) is 9.90. The van der Waals surface area contributed by atoms with Gasteiger partial charge in [0.05, 0.1) is 0 Å². The zero-order valence-corrected chi connectivity index (χ0v) is 10.7. The summed E-state index contributed by atoms with van der Waals surface area (Å²) in [7, 11) is -1.40. The van der Waals surface area contributed by atoms with Gasteiger partial charge in [-0.1, -0.05) is 12.1 Å². The summed E-state index contributed by atoms with van der Waals surface area (Å²) in [6.45, 7) is 6.47. The Morgan fingerprint density at radius 1 is 1.21 bits per heavy atom. The number of para-hydroxylation sites is 1. The molecule has 0 amide bonds. The Hall–Kier alpha value is -0.587. The van der Waals surface area contributed by atoms with Crippen LogP contribution in [0.15, 0.2) is 28.9 Å². The predicted molar refractivity (Wildman–Crippen MR) is 59.0 cm³/mol. The second-order valence-corrected chi connectivity index (χ2v) is 8.59. The zero-order valence-electron chi connectivity index (χ0n) is 8.61. The Morgan fingerprint density at radius 2 is 1.79 bits per heavy atom. The van der Waals surface area contributed by atoms with E-state index in [1.165, 1.54) is 0 Å². The van der Waals surface area contributed by atoms with Crippen LogP contribution in [-0.2, 0) is 16.8 Å². The Balaban J connectivity index is 0.00000169. The molecule has 0 atom stereocenters. The fourth-order valence-electron chi connectivity index (χ4n) is 0.860. The van der Waals surface area contributed by atoms with Crippen molar-refractivity contribution in [2.45, 2.75) is 19.6 Å². The topological polar surface area (TPSA) is 32.6 Å². The Kier molecular flexibility index (Phi) is 5.11. The number of phenolic OH excluding ortho intramolecular Hbond substituents is 1. The second kappa shape index (κ2) is 5.33. The average Bonchev–Trinajstić information content (AvgIpc) is 2.01. The van der Waals surface area contributed by atoms with Gasteiger partial charge >= 0.3 is 0 Å². The number of hydrogen-bond acceptors (Lipinski definition) is 2. The smallest absolute Gasteiger partial charge is 0.172 e. The summed E-state index contributed by atoms with van der Waals surface area (Å²) in [5.74, 6) is 0.296. The fourth-order valence-corrected chi connectivity index (χ4v) is 1.39. The molecule has 79 valence electrons. The van der Waals surface area contributed by atoms with Crippen LogP contribution in [0.3, 0.4) is 0 Å². The third-order valence-corrected chi connectivity index (χ3v) is 2.43. The molecule has 0 heterocycles. The van der Waals surface area contributed by atoms with Gasteiger partial charge in [0.25, 0.3) is 0 Å². The van der Waals surface area contributed by atoms with Crippen molar-refractivity contribution in [2.75, 3.05) is 0 Å². The van der Waals surface area contributed by atoms with E-state index in [0.717, 1.165) is 5.56 Å². The molecule has 1 N–H and O–H groups in total. The van der Waals surface area contributed by atoms with Crippen molar-refractivity contribution in [1.82, 2.24) is 0 Å². The molecule has 0 fully saturated rings. The van der Waals surface area contributed by atoms with E-state index in [1.807, 2.05) is 12.1 Å². The molecule has 0 aliphatic rings. The van der Waals surface area contributed by atoms with Crippen LogP contribution in [0, 0.1) is 0 Å². The summed E-state index contributed by atoms with van der Waals surface area (Å²) >= 11 is 0. The third kappa shape index (κ3) is 4.59. The second-order valence-electron chi connectivity index (χ2n) is 3.99. The van der Waals surface area contributed by atoms with Crippen molar-refractivity contribution in [2.24, 2.45) is 4.66 Å². The van der Waals surface area contributed by atoms with Gasteiger partial charge in [0, 0.05) is 28.6 Å². The van der Waals surface area contributed by atoms with E-state index in [9.17, 15) is 5.11 Å². The van der Waals surface area contributed by atoms with E-state index in [1.54, 1.807) is 18.3 Å². The van der Waals surface area contributed by atoms with Crippen LogP contribution in [0.2, 0.25) is 19.6 Å². The van der Waals surface area contributed by atoms with E-state index in [0.29, 0.717) is 5.75 Å². The minimum atomic E-state index is -1.40. The van der Waals surface area contributed by atoms with E-state index in [-0.39, 0.29) is 16.8 Å². The maximum absolute atomic E-state index is 9.43. The summed E-state index contributed by atoms with van der Waals surface area (Å²) in [6.07, 6.45) is 1.77. The number of benzene rings is 1. The monoisotopic (exact) mass is 252 g/mol. The summed E-state index contributed by atoms with van der Waals surface area (Å²) in [4.78, 5) is 0. The third-order valence-electron chi connectivity index (χ3n) is 1.53. The van der Waals surface area contributed by atoms with Crippen molar-refractivity contribution in [3.8, 4) is 5.75 Å². The van der Waals surface area contributed by atoms with Crippen molar-refractivity contribution >= 4 is 14.5 Å². The Bertz CT molecular complexity index is 320. The molecule has 1 aromatic carbocycles. The van der Waals surface area contributed by atoms with Crippen molar-refractivity contribution in [3.63, 3.8) is 0 Å². The molecular weight excluding hydrogens is 237 g/mol. The van der Waals surface area contributed by atoms with Gasteiger partial charge in [-0.2, -0.15) is 0 Å². The number of phenols is 1. The Labute approximate surface area is 96.4 Å². The molecule has 1 aromatic rings. The first-order valence-corrected chi connectivity index (χ1v) is 7.77. The normalized spacial score (nSPS) is 11.4. The van der Waals surface area contributed by atoms with Gasteiger partial charge < -0.3 is 9.76 Å². The molecule has 14 heavy (non-hydrogen) atoms. The van der Waals surface area contributed by atoms with Crippen LogP contribution in [0.4, 0.5) is 0 Å². The molecule has 0 bridgehead atoms. The summed E-state index contributed by atoms with van der Waals surface area (Å²) < 4.78 is 4.44. The molecule has 2 nitrogen and oxygen atoms in total. The summed E-state index contributed by atoms with van der Waals surface area (Å²) in [5, 5.41) is 9.43. The van der Waals surface area contributed by atoms with Crippen LogP contribution in [0.1, 0.15) is 5.56 Å². The fraction of sp³-hybridized carbons (Fsp3) is 0.300. The number of rotatable bonds is 2.